The summed E-state index contributed by atoms with van der Waals surface area (Å²) in [5.74, 6) is 6.64. The van der Waals surface area contributed by atoms with Crippen LogP contribution in [0.4, 0.5) is 5.69 Å². The van der Waals surface area contributed by atoms with E-state index in [1.165, 1.54) is 11.3 Å². The summed E-state index contributed by atoms with van der Waals surface area (Å²) in [5.41, 5.74) is 3.52. The molecule has 0 N–H and O–H groups in total. The Kier molecular flexibility index (Phi) is 5.22. The fraction of sp³-hybridized carbons (Fsp3) is 0.579. The predicted molar refractivity (Wildman–Crippen MR) is 92.7 cm³/mol. The van der Waals surface area contributed by atoms with Crippen LogP contribution in [0.15, 0.2) is 18.2 Å². The molecule has 1 atom stereocenters. The van der Waals surface area contributed by atoms with Gasteiger partial charge in [0.25, 0.3) is 0 Å². The van der Waals surface area contributed by atoms with E-state index >= 15 is 0 Å². The molecule has 0 radical (unpaired) electrons. The fourth-order valence-electron chi connectivity index (χ4n) is 3.13. The van der Waals surface area contributed by atoms with Crippen molar-refractivity contribution < 1.29 is 9.47 Å². The van der Waals surface area contributed by atoms with Crippen molar-refractivity contribution in [3.05, 3.63) is 29.3 Å². The number of nitrogens with zero attached hydrogens (tertiary/aromatic N) is 2. The van der Waals surface area contributed by atoms with Gasteiger partial charge in [0.15, 0.2) is 0 Å². The van der Waals surface area contributed by atoms with Crippen LogP contribution < -0.4 is 4.90 Å². The quantitative estimate of drug-likeness (QED) is 0.741. The minimum absolute atomic E-state index is 0.00231. The number of hydrogen-bond donors (Lipinski definition) is 0. The monoisotopic (exact) mass is 314 g/mol. The van der Waals surface area contributed by atoms with Crippen molar-refractivity contribution in [1.29, 1.82) is 0 Å². The minimum Gasteiger partial charge on any atom is -0.375 e. The maximum absolute atomic E-state index is 5.80. The molecule has 2 aliphatic heterocycles. The molecule has 1 saturated heterocycles. The first-order chi connectivity index (χ1) is 11.1. The van der Waals surface area contributed by atoms with E-state index in [1.807, 2.05) is 0 Å². The molecule has 0 amide bonds. The van der Waals surface area contributed by atoms with Crippen LogP contribution in [-0.2, 0) is 16.1 Å². The predicted octanol–water partition coefficient (Wildman–Crippen LogP) is 2.11. The van der Waals surface area contributed by atoms with Crippen molar-refractivity contribution in [2.75, 3.05) is 44.8 Å². The summed E-state index contributed by atoms with van der Waals surface area (Å²) >= 11 is 0. The molecule has 4 nitrogen and oxygen atoms in total. The van der Waals surface area contributed by atoms with Crippen LogP contribution in [0, 0.1) is 11.8 Å². The normalized spacial score (nSPS) is 22.3. The Morgan fingerprint density at radius 3 is 2.87 bits per heavy atom. The van der Waals surface area contributed by atoms with Gasteiger partial charge in [-0.2, -0.15) is 0 Å². The first kappa shape index (κ1) is 16.3. The highest BCUT2D eigenvalue weighted by Crippen LogP contribution is 2.28. The van der Waals surface area contributed by atoms with Gasteiger partial charge in [-0.25, -0.2) is 0 Å². The highest BCUT2D eigenvalue weighted by molar-refractivity contribution is 5.61. The summed E-state index contributed by atoms with van der Waals surface area (Å²) in [6.07, 6.45) is -0.00231. The highest BCUT2D eigenvalue weighted by atomic mass is 16.5. The Hall–Kier alpha value is -1.54. The molecule has 1 aromatic rings. The molecule has 2 heterocycles. The molecule has 1 unspecified atom stereocenters. The number of rotatable bonds is 1. The van der Waals surface area contributed by atoms with Crippen LogP contribution >= 0.6 is 0 Å². The summed E-state index contributed by atoms with van der Waals surface area (Å²) in [7, 11) is 2.11. The third-order valence-corrected chi connectivity index (χ3v) is 4.44. The van der Waals surface area contributed by atoms with Crippen molar-refractivity contribution in [3.8, 4) is 11.8 Å². The third kappa shape index (κ3) is 3.87. The lowest BCUT2D eigenvalue weighted by atomic mass is 10.0. The van der Waals surface area contributed by atoms with E-state index in [9.17, 15) is 0 Å². The molecule has 4 heteroatoms. The second-order valence-electron chi connectivity index (χ2n) is 6.53. The van der Waals surface area contributed by atoms with Crippen molar-refractivity contribution in [2.45, 2.75) is 32.6 Å². The minimum atomic E-state index is -0.00231. The van der Waals surface area contributed by atoms with Gasteiger partial charge in [-0.05, 0) is 33.0 Å². The zero-order valence-electron chi connectivity index (χ0n) is 14.3. The number of benzene rings is 1. The average Bonchev–Trinajstić information content (AvgIpc) is 2.75. The Bertz CT molecular complexity index is 603. The number of likely N-dealkylation sites (N-methyl/N-ethyl adjacent to an activating group) is 1. The highest BCUT2D eigenvalue weighted by Gasteiger charge is 2.20. The van der Waals surface area contributed by atoms with Gasteiger partial charge in [0.1, 0.15) is 6.10 Å². The average molecular weight is 314 g/mol. The van der Waals surface area contributed by atoms with Crippen molar-refractivity contribution >= 4 is 5.69 Å². The largest absolute Gasteiger partial charge is 0.375 e. The molecular formula is C19H26N2O2. The number of fused-ring (bicyclic) bond motifs is 1. The maximum atomic E-state index is 5.80. The Balaban J connectivity index is 1.88. The lowest BCUT2D eigenvalue weighted by Gasteiger charge is -2.28. The van der Waals surface area contributed by atoms with E-state index in [0.717, 1.165) is 38.4 Å². The smallest absolute Gasteiger partial charge is 0.131 e. The van der Waals surface area contributed by atoms with Crippen LogP contribution in [-0.4, -0.2) is 56.9 Å². The molecule has 2 aliphatic rings. The molecule has 1 aromatic carbocycles. The van der Waals surface area contributed by atoms with E-state index in [2.05, 4.69) is 60.7 Å². The van der Waals surface area contributed by atoms with Crippen LogP contribution in [0.25, 0.3) is 0 Å². The van der Waals surface area contributed by atoms with E-state index in [4.69, 9.17) is 9.47 Å². The molecule has 3 rings (SSSR count). The molecule has 0 spiro atoms. The lowest BCUT2D eigenvalue weighted by molar-refractivity contribution is 0.0121. The van der Waals surface area contributed by atoms with E-state index in [-0.39, 0.29) is 6.10 Å². The van der Waals surface area contributed by atoms with Gasteiger partial charge in [-0.1, -0.05) is 17.9 Å². The molecule has 0 bridgehead atoms. The first-order valence-electron chi connectivity index (χ1n) is 8.43. The molecule has 0 aromatic heterocycles. The van der Waals surface area contributed by atoms with Gasteiger partial charge in [-0.15, -0.1) is 0 Å². The number of ether oxygens (including phenoxy) is 2. The maximum Gasteiger partial charge on any atom is 0.131 e. The van der Waals surface area contributed by atoms with E-state index in [0.29, 0.717) is 12.6 Å². The molecular weight excluding hydrogens is 288 g/mol. The number of hydrogen-bond acceptors (Lipinski definition) is 4. The SMILES string of the molecule is CC(C)N1CCOCc2c(C#CC3CN(C)CCO3)cccc21. The second-order valence-corrected chi connectivity index (χ2v) is 6.53. The molecule has 1 fully saturated rings. The zero-order valence-corrected chi connectivity index (χ0v) is 14.3. The van der Waals surface area contributed by atoms with Gasteiger partial charge in [0.05, 0.1) is 19.8 Å². The summed E-state index contributed by atoms with van der Waals surface area (Å²) in [6.45, 7) is 9.38. The summed E-state index contributed by atoms with van der Waals surface area (Å²) in [5, 5.41) is 0. The van der Waals surface area contributed by atoms with E-state index in [1.54, 1.807) is 0 Å². The zero-order chi connectivity index (χ0) is 16.2. The number of morpholine rings is 1. The van der Waals surface area contributed by atoms with Crippen LogP contribution in [0.3, 0.4) is 0 Å². The van der Waals surface area contributed by atoms with Crippen LogP contribution in [0.1, 0.15) is 25.0 Å². The van der Waals surface area contributed by atoms with E-state index < -0.39 is 0 Å². The van der Waals surface area contributed by atoms with Crippen LogP contribution in [0.2, 0.25) is 0 Å². The lowest BCUT2D eigenvalue weighted by Crippen LogP contribution is -2.39. The molecule has 0 saturated carbocycles. The van der Waals surface area contributed by atoms with Gasteiger partial charge in [0, 0.05) is 42.5 Å². The molecule has 124 valence electrons. The standard InChI is InChI=1S/C19H26N2O2/c1-15(2)21-10-11-22-14-18-16(5-4-6-19(18)21)7-8-17-13-20(3)9-12-23-17/h4-6,15,17H,9-14H2,1-3H3. The fourth-order valence-corrected chi connectivity index (χ4v) is 3.13. The topological polar surface area (TPSA) is 24.9 Å². The van der Waals surface area contributed by atoms with Crippen molar-refractivity contribution in [1.82, 2.24) is 4.90 Å². The van der Waals surface area contributed by atoms with Gasteiger partial charge < -0.3 is 19.3 Å². The van der Waals surface area contributed by atoms with Crippen molar-refractivity contribution in [3.63, 3.8) is 0 Å². The second kappa shape index (κ2) is 7.35. The van der Waals surface area contributed by atoms with Crippen LogP contribution in [0.5, 0.6) is 0 Å². The Morgan fingerprint density at radius 2 is 2.09 bits per heavy atom. The summed E-state index contributed by atoms with van der Waals surface area (Å²) in [6, 6.07) is 6.82. The van der Waals surface area contributed by atoms with Gasteiger partial charge in [-0.3, -0.25) is 0 Å². The first-order valence-corrected chi connectivity index (χ1v) is 8.43. The van der Waals surface area contributed by atoms with Crippen molar-refractivity contribution in [2.24, 2.45) is 0 Å². The Labute approximate surface area is 139 Å². The molecule has 0 aliphatic carbocycles. The van der Waals surface area contributed by atoms with Gasteiger partial charge in [0.2, 0.25) is 0 Å². The summed E-state index contributed by atoms with van der Waals surface area (Å²) < 4.78 is 11.5. The Morgan fingerprint density at radius 1 is 1.22 bits per heavy atom. The summed E-state index contributed by atoms with van der Waals surface area (Å²) in [4.78, 5) is 4.66. The third-order valence-electron chi connectivity index (χ3n) is 4.44. The number of anilines is 1. The molecule has 23 heavy (non-hydrogen) atoms. The van der Waals surface area contributed by atoms with Gasteiger partial charge >= 0.3 is 0 Å².